The van der Waals surface area contributed by atoms with Crippen LogP contribution in [0.15, 0.2) is 36.1 Å². The van der Waals surface area contributed by atoms with E-state index in [1.54, 1.807) is 0 Å². The highest BCUT2D eigenvalue weighted by atomic mass is 31.1. The van der Waals surface area contributed by atoms with Gasteiger partial charge < -0.3 is 0 Å². The van der Waals surface area contributed by atoms with E-state index in [4.69, 9.17) is 0 Å². The normalized spacial score (nSPS) is 12.2. The molecule has 0 aromatic heterocycles. The first-order valence-corrected chi connectivity index (χ1v) is 6.41. The standard InChI is InChI=1S/C11H15P/c1-10(9-12(2)3)11-7-5-4-6-8-11/h4-9H,1-3H3. The second-order valence-electron chi connectivity index (χ2n) is 3.14. The summed E-state index contributed by atoms with van der Waals surface area (Å²) in [6.07, 6.45) is 0. The predicted molar refractivity (Wildman–Crippen MR) is 58.9 cm³/mol. The highest BCUT2D eigenvalue weighted by Crippen LogP contribution is 2.31. The van der Waals surface area contributed by atoms with Crippen LogP contribution in [-0.2, 0) is 0 Å². The van der Waals surface area contributed by atoms with Gasteiger partial charge in [0.05, 0.1) is 0 Å². The van der Waals surface area contributed by atoms with Crippen LogP contribution in [0, 0.1) is 0 Å². The van der Waals surface area contributed by atoms with Gasteiger partial charge in [0.15, 0.2) is 0 Å². The van der Waals surface area contributed by atoms with Crippen molar-refractivity contribution in [3.63, 3.8) is 0 Å². The Morgan fingerprint density at radius 2 is 1.75 bits per heavy atom. The summed E-state index contributed by atoms with van der Waals surface area (Å²) in [5.74, 6) is 2.35. The van der Waals surface area contributed by atoms with Gasteiger partial charge in [0.1, 0.15) is 0 Å². The molecular weight excluding hydrogens is 163 g/mol. The van der Waals surface area contributed by atoms with Crippen molar-refractivity contribution in [3.05, 3.63) is 41.7 Å². The van der Waals surface area contributed by atoms with Gasteiger partial charge in [-0.3, -0.25) is 0 Å². The molecule has 0 spiro atoms. The van der Waals surface area contributed by atoms with E-state index in [9.17, 15) is 0 Å². The zero-order valence-electron chi connectivity index (χ0n) is 7.91. The predicted octanol–water partition coefficient (Wildman–Crippen LogP) is 3.79. The summed E-state index contributed by atoms with van der Waals surface area (Å²) in [4.78, 5) is 0. The SMILES string of the molecule is CC(=CP(C)C)c1ccccc1. The molecule has 0 aliphatic rings. The van der Waals surface area contributed by atoms with Gasteiger partial charge >= 0.3 is 0 Å². The van der Waals surface area contributed by atoms with Gasteiger partial charge in [-0.25, -0.2) is 0 Å². The van der Waals surface area contributed by atoms with Gasteiger partial charge in [-0.1, -0.05) is 44.1 Å². The summed E-state index contributed by atoms with van der Waals surface area (Å²) in [6, 6.07) is 10.5. The molecule has 1 rings (SSSR count). The number of hydrogen-bond acceptors (Lipinski definition) is 0. The molecule has 0 radical (unpaired) electrons. The third-order valence-corrected chi connectivity index (χ3v) is 2.58. The molecule has 0 aliphatic carbocycles. The summed E-state index contributed by atoms with van der Waals surface area (Å²) in [5, 5.41) is 0. The third-order valence-electron chi connectivity index (χ3n) is 1.68. The summed E-state index contributed by atoms with van der Waals surface area (Å²) < 4.78 is 0. The van der Waals surface area contributed by atoms with Crippen molar-refractivity contribution in [1.82, 2.24) is 0 Å². The maximum absolute atomic E-state index is 2.35. The molecule has 0 N–H and O–H groups in total. The second kappa shape index (κ2) is 4.42. The molecular formula is C11H15P. The third kappa shape index (κ3) is 2.79. The van der Waals surface area contributed by atoms with Crippen molar-refractivity contribution in [1.29, 1.82) is 0 Å². The molecule has 0 aliphatic heterocycles. The molecule has 0 saturated heterocycles. The van der Waals surface area contributed by atoms with Gasteiger partial charge in [0.2, 0.25) is 0 Å². The number of rotatable bonds is 2. The zero-order chi connectivity index (χ0) is 8.97. The second-order valence-corrected chi connectivity index (χ2v) is 5.33. The number of hydrogen-bond donors (Lipinski definition) is 0. The van der Waals surface area contributed by atoms with Gasteiger partial charge in [0, 0.05) is 0 Å². The van der Waals surface area contributed by atoms with Crippen molar-refractivity contribution in [2.45, 2.75) is 6.92 Å². The first kappa shape index (κ1) is 9.48. The lowest BCUT2D eigenvalue weighted by Gasteiger charge is -2.03. The van der Waals surface area contributed by atoms with E-state index >= 15 is 0 Å². The van der Waals surface area contributed by atoms with E-state index in [-0.39, 0.29) is 7.92 Å². The minimum atomic E-state index is 0.0745. The fraction of sp³-hybridized carbons (Fsp3) is 0.273. The molecule has 12 heavy (non-hydrogen) atoms. The quantitative estimate of drug-likeness (QED) is 0.604. The van der Waals surface area contributed by atoms with Gasteiger partial charge in [-0.05, 0) is 31.4 Å². The zero-order valence-corrected chi connectivity index (χ0v) is 8.81. The molecule has 0 saturated carbocycles. The molecule has 1 aromatic rings. The lowest BCUT2D eigenvalue weighted by molar-refractivity contribution is 1.58. The monoisotopic (exact) mass is 178 g/mol. The van der Waals surface area contributed by atoms with Gasteiger partial charge in [-0.2, -0.15) is 0 Å². The van der Waals surface area contributed by atoms with Crippen LogP contribution in [0.25, 0.3) is 5.57 Å². The number of benzene rings is 1. The minimum absolute atomic E-state index is 0.0745. The topological polar surface area (TPSA) is 0 Å². The highest BCUT2D eigenvalue weighted by Gasteiger charge is 1.93. The lowest BCUT2D eigenvalue weighted by atomic mass is 10.1. The summed E-state index contributed by atoms with van der Waals surface area (Å²) in [5.41, 5.74) is 2.74. The molecule has 0 nitrogen and oxygen atoms in total. The Morgan fingerprint density at radius 3 is 2.25 bits per heavy atom. The first-order chi connectivity index (χ1) is 5.70. The van der Waals surface area contributed by atoms with E-state index in [0.29, 0.717) is 0 Å². The van der Waals surface area contributed by atoms with E-state index < -0.39 is 0 Å². The molecule has 64 valence electrons. The van der Waals surface area contributed by atoms with Crippen molar-refractivity contribution in [2.75, 3.05) is 13.3 Å². The fourth-order valence-corrected chi connectivity index (χ4v) is 2.09. The Morgan fingerprint density at radius 1 is 1.17 bits per heavy atom. The Labute approximate surface area is 76.1 Å². The van der Waals surface area contributed by atoms with Crippen molar-refractivity contribution in [2.24, 2.45) is 0 Å². The van der Waals surface area contributed by atoms with Crippen LogP contribution in [0.4, 0.5) is 0 Å². The smallest absolute Gasteiger partial charge is 0.0227 e. The van der Waals surface area contributed by atoms with E-state index in [1.807, 2.05) is 0 Å². The van der Waals surface area contributed by atoms with Crippen LogP contribution in [0.3, 0.4) is 0 Å². The Kier molecular flexibility index (Phi) is 3.49. The summed E-state index contributed by atoms with van der Waals surface area (Å²) >= 11 is 0. The lowest BCUT2D eigenvalue weighted by Crippen LogP contribution is -1.76. The Hall–Kier alpha value is -0.610. The maximum atomic E-state index is 2.35. The molecule has 0 amide bonds. The number of allylic oxidation sites excluding steroid dienone is 1. The Bertz CT molecular complexity index is 260. The maximum Gasteiger partial charge on any atom is -0.0227 e. The molecule has 1 aromatic carbocycles. The molecule has 0 fully saturated rings. The van der Waals surface area contributed by atoms with Crippen LogP contribution in [0.5, 0.6) is 0 Å². The van der Waals surface area contributed by atoms with Crippen molar-refractivity contribution < 1.29 is 0 Å². The van der Waals surface area contributed by atoms with E-state index in [1.165, 1.54) is 11.1 Å². The summed E-state index contributed by atoms with van der Waals surface area (Å²) in [7, 11) is 0.0745. The Balaban J connectivity index is 2.85. The van der Waals surface area contributed by atoms with Gasteiger partial charge in [-0.15, -0.1) is 0 Å². The molecule has 0 heterocycles. The van der Waals surface area contributed by atoms with Crippen LogP contribution in [0.2, 0.25) is 0 Å². The fourth-order valence-electron chi connectivity index (χ4n) is 1.16. The molecule has 1 heteroatoms. The molecule has 0 unspecified atom stereocenters. The largest absolute Gasteiger partial charge is 0.0893 e. The van der Waals surface area contributed by atoms with Crippen LogP contribution < -0.4 is 0 Å². The summed E-state index contributed by atoms with van der Waals surface area (Å²) in [6.45, 7) is 6.71. The highest BCUT2D eigenvalue weighted by molar-refractivity contribution is 7.59. The van der Waals surface area contributed by atoms with Crippen LogP contribution in [0.1, 0.15) is 12.5 Å². The first-order valence-electron chi connectivity index (χ1n) is 4.10. The van der Waals surface area contributed by atoms with Crippen LogP contribution in [-0.4, -0.2) is 13.3 Å². The average molecular weight is 178 g/mol. The van der Waals surface area contributed by atoms with Crippen LogP contribution >= 0.6 is 7.92 Å². The minimum Gasteiger partial charge on any atom is -0.0893 e. The molecule has 0 atom stereocenters. The van der Waals surface area contributed by atoms with E-state index in [2.05, 4.69) is 56.4 Å². The van der Waals surface area contributed by atoms with Gasteiger partial charge in [0.25, 0.3) is 0 Å². The molecule has 0 bridgehead atoms. The van der Waals surface area contributed by atoms with E-state index in [0.717, 1.165) is 0 Å². The van der Waals surface area contributed by atoms with Crippen molar-refractivity contribution >= 4 is 13.5 Å². The van der Waals surface area contributed by atoms with Crippen molar-refractivity contribution in [3.8, 4) is 0 Å². The average Bonchev–Trinajstić information content (AvgIpc) is 2.05.